The van der Waals surface area contributed by atoms with Gasteiger partial charge >= 0.3 is 0 Å². The molecule has 0 aromatic heterocycles. The summed E-state index contributed by atoms with van der Waals surface area (Å²) in [4.78, 5) is 11.9. The van der Waals surface area contributed by atoms with Crippen LogP contribution in [0.15, 0.2) is 48.1 Å². The molecular weight excluding hydrogens is 267 g/mol. The van der Waals surface area contributed by atoms with Gasteiger partial charge in [0.1, 0.15) is 11.6 Å². The van der Waals surface area contributed by atoms with Crippen LogP contribution in [-0.2, 0) is 11.2 Å². The van der Waals surface area contributed by atoms with Crippen LogP contribution >= 0.6 is 0 Å². The van der Waals surface area contributed by atoms with Gasteiger partial charge in [-0.05, 0) is 43.4 Å². The first-order valence-electron chi connectivity index (χ1n) is 7.43. The lowest BCUT2D eigenvalue weighted by Crippen LogP contribution is -2.15. The van der Waals surface area contributed by atoms with Gasteiger partial charge in [-0.3, -0.25) is 4.79 Å². The molecule has 1 N–H and O–H groups in total. The molecule has 0 fully saturated rings. The lowest BCUT2D eigenvalue weighted by atomic mass is 9.98. The minimum atomic E-state index is -0.623. The van der Waals surface area contributed by atoms with E-state index in [0.717, 1.165) is 19.3 Å². The van der Waals surface area contributed by atoms with E-state index in [1.165, 1.54) is 17.7 Å². The van der Waals surface area contributed by atoms with E-state index < -0.39 is 6.10 Å². The van der Waals surface area contributed by atoms with Crippen molar-refractivity contribution in [1.29, 1.82) is 0 Å². The fourth-order valence-electron chi connectivity index (χ4n) is 2.50. The Balaban J connectivity index is 1.74. The summed E-state index contributed by atoms with van der Waals surface area (Å²) < 4.78 is 13.0. The molecular formula is C18H21FO2. The second kappa shape index (κ2) is 7.89. The quantitative estimate of drug-likeness (QED) is 0.829. The van der Waals surface area contributed by atoms with E-state index in [1.54, 1.807) is 12.1 Å². The second-order valence-electron chi connectivity index (χ2n) is 5.50. The molecule has 112 valence electrons. The molecule has 1 aliphatic carbocycles. The van der Waals surface area contributed by atoms with Crippen LogP contribution in [0.4, 0.5) is 4.39 Å². The molecule has 1 aromatic carbocycles. The summed E-state index contributed by atoms with van der Waals surface area (Å²) >= 11 is 0. The van der Waals surface area contributed by atoms with Crippen molar-refractivity contribution in [2.75, 3.05) is 0 Å². The summed E-state index contributed by atoms with van der Waals surface area (Å²) in [6, 6.07) is 6.04. The summed E-state index contributed by atoms with van der Waals surface area (Å²) in [5.74, 6) is -0.391. The van der Waals surface area contributed by atoms with Crippen LogP contribution < -0.4 is 0 Å². The van der Waals surface area contributed by atoms with Gasteiger partial charge in [0.05, 0.1) is 6.10 Å². The standard InChI is InChI=1S/C18H21FO2/c19-16-8-4-7-15(11-16)12-18(21)13-17(20)10-9-14-5-2-1-3-6-14/h2,4-8,11,17,20H,1,3,9-10,12-13H2. The maximum absolute atomic E-state index is 13.0. The Morgan fingerprint density at radius 1 is 1.33 bits per heavy atom. The van der Waals surface area contributed by atoms with Crippen LogP contribution in [0.25, 0.3) is 0 Å². The highest BCUT2D eigenvalue weighted by Crippen LogP contribution is 2.17. The number of rotatable bonds is 7. The average molecular weight is 288 g/mol. The molecule has 1 atom stereocenters. The van der Waals surface area contributed by atoms with E-state index in [0.29, 0.717) is 12.0 Å². The number of aliphatic hydroxyl groups excluding tert-OH is 1. The van der Waals surface area contributed by atoms with Gasteiger partial charge in [0.2, 0.25) is 0 Å². The monoisotopic (exact) mass is 288 g/mol. The Morgan fingerprint density at radius 3 is 2.90 bits per heavy atom. The van der Waals surface area contributed by atoms with Crippen molar-refractivity contribution in [3.8, 4) is 0 Å². The first kappa shape index (κ1) is 15.6. The fraction of sp³-hybridized carbons (Fsp3) is 0.389. The predicted molar refractivity (Wildman–Crippen MR) is 81.4 cm³/mol. The molecule has 0 saturated carbocycles. The SMILES string of the molecule is O=C(Cc1cccc(F)c1)CC(O)CCC1=CCCC=C1. The first-order valence-corrected chi connectivity index (χ1v) is 7.43. The largest absolute Gasteiger partial charge is 0.393 e. The highest BCUT2D eigenvalue weighted by atomic mass is 19.1. The third-order valence-corrected chi connectivity index (χ3v) is 3.59. The molecule has 2 rings (SSSR count). The predicted octanol–water partition coefficient (Wildman–Crippen LogP) is 3.74. The van der Waals surface area contributed by atoms with Crippen LogP contribution in [0, 0.1) is 5.82 Å². The Morgan fingerprint density at radius 2 is 2.19 bits per heavy atom. The molecule has 2 nitrogen and oxygen atoms in total. The zero-order chi connectivity index (χ0) is 15.1. The highest BCUT2D eigenvalue weighted by molar-refractivity contribution is 5.81. The summed E-state index contributed by atoms with van der Waals surface area (Å²) in [6.45, 7) is 0. The Labute approximate surface area is 125 Å². The molecule has 3 heteroatoms. The summed E-state index contributed by atoms with van der Waals surface area (Å²) in [6.07, 6.45) is 9.62. The van der Waals surface area contributed by atoms with Gasteiger partial charge in [-0.25, -0.2) is 4.39 Å². The number of halogens is 1. The Hall–Kier alpha value is -1.74. The van der Waals surface area contributed by atoms with Gasteiger partial charge < -0.3 is 5.11 Å². The van der Waals surface area contributed by atoms with Crippen molar-refractivity contribution in [3.63, 3.8) is 0 Å². The smallest absolute Gasteiger partial charge is 0.139 e. The zero-order valence-electron chi connectivity index (χ0n) is 12.1. The van der Waals surface area contributed by atoms with Crippen LogP contribution in [0.3, 0.4) is 0 Å². The van der Waals surface area contributed by atoms with Crippen molar-refractivity contribution in [2.24, 2.45) is 0 Å². The molecule has 0 spiro atoms. The maximum atomic E-state index is 13.0. The van der Waals surface area contributed by atoms with E-state index in [9.17, 15) is 14.3 Å². The van der Waals surface area contributed by atoms with E-state index in [-0.39, 0.29) is 24.4 Å². The van der Waals surface area contributed by atoms with Crippen LogP contribution in [0.2, 0.25) is 0 Å². The number of Topliss-reactive ketones (excluding diaryl/α,β-unsaturated/α-hetero) is 1. The molecule has 0 bridgehead atoms. The molecule has 1 aliphatic rings. The summed E-state index contributed by atoms with van der Waals surface area (Å²) in [7, 11) is 0. The zero-order valence-corrected chi connectivity index (χ0v) is 12.1. The number of ketones is 1. The minimum absolute atomic E-state index is 0.0544. The summed E-state index contributed by atoms with van der Waals surface area (Å²) in [5.41, 5.74) is 1.89. The fourth-order valence-corrected chi connectivity index (χ4v) is 2.50. The van der Waals surface area contributed by atoms with Crippen LogP contribution in [0.5, 0.6) is 0 Å². The molecule has 0 radical (unpaired) electrons. The number of aliphatic hydroxyl groups is 1. The Kier molecular flexibility index (Phi) is 5.88. The van der Waals surface area contributed by atoms with Gasteiger partial charge in [0, 0.05) is 12.8 Å². The lowest BCUT2D eigenvalue weighted by molar-refractivity contribution is -0.120. The van der Waals surface area contributed by atoms with Crippen molar-refractivity contribution >= 4 is 5.78 Å². The minimum Gasteiger partial charge on any atom is -0.393 e. The molecule has 0 heterocycles. The molecule has 0 amide bonds. The van der Waals surface area contributed by atoms with E-state index in [4.69, 9.17) is 0 Å². The van der Waals surface area contributed by atoms with E-state index in [1.807, 2.05) is 0 Å². The van der Waals surface area contributed by atoms with Crippen molar-refractivity contribution in [3.05, 3.63) is 59.4 Å². The van der Waals surface area contributed by atoms with Gasteiger partial charge in [-0.15, -0.1) is 0 Å². The molecule has 21 heavy (non-hydrogen) atoms. The van der Waals surface area contributed by atoms with Crippen LogP contribution in [-0.4, -0.2) is 17.0 Å². The van der Waals surface area contributed by atoms with Gasteiger partial charge in [0.15, 0.2) is 0 Å². The lowest BCUT2D eigenvalue weighted by Gasteiger charge is -2.12. The number of carbonyl (C=O) groups excluding carboxylic acids is 1. The highest BCUT2D eigenvalue weighted by Gasteiger charge is 2.12. The van der Waals surface area contributed by atoms with Gasteiger partial charge in [-0.2, -0.15) is 0 Å². The topological polar surface area (TPSA) is 37.3 Å². The first-order chi connectivity index (χ1) is 10.1. The molecule has 0 saturated heterocycles. The second-order valence-corrected chi connectivity index (χ2v) is 5.50. The number of benzene rings is 1. The van der Waals surface area contributed by atoms with Crippen LogP contribution in [0.1, 0.15) is 37.7 Å². The van der Waals surface area contributed by atoms with E-state index in [2.05, 4.69) is 18.2 Å². The third kappa shape index (κ3) is 5.64. The number of allylic oxidation sites excluding steroid dienone is 4. The van der Waals surface area contributed by atoms with E-state index >= 15 is 0 Å². The van der Waals surface area contributed by atoms with Crippen molar-refractivity contribution < 1.29 is 14.3 Å². The van der Waals surface area contributed by atoms with Crippen molar-refractivity contribution in [1.82, 2.24) is 0 Å². The third-order valence-electron chi connectivity index (χ3n) is 3.59. The van der Waals surface area contributed by atoms with Gasteiger partial charge in [0.25, 0.3) is 0 Å². The van der Waals surface area contributed by atoms with Crippen molar-refractivity contribution in [2.45, 2.75) is 44.6 Å². The summed E-state index contributed by atoms with van der Waals surface area (Å²) in [5, 5.41) is 9.94. The molecule has 0 aliphatic heterocycles. The average Bonchev–Trinajstić information content (AvgIpc) is 2.46. The number of hydrogen-bond donors (Lipinski definition) is 1. The Bertz CT molecular complexity index is 546. The normalized spacial score (nSPS) is 15.6. The number of hydrogen-bond acceptors (Lipinski definition) is 2. The molecule has 1 aromatic rings. The maximum Gasteiger partial charge on any atom is 0.139 e. The molecule has 1 unspecified atom stereocenters. The number of carbonyl (C=O) groups is 1. The van der Waals surface area contributed by atoms with Gasteiger partial charge in [-0.1, -0.05) is 35.9 Å².